The van der Waals surface area contributed by atoms with E-state index in [2.05, 4.69) is 68.6 Å². The van der Waals surface area contributed by atoms with Gasteiger partial charge in [0.1, 0.15) is 17.3 Å². The minimum Gasteiger partial charge on any atom is -0.340 e. The first kappa shape index (κ1) is 18.5. The van der Waals surface area contributed by atoms with Crippen molar-refractivity contribution in [2.45, 2.75) is 13.3 Å². The van der Waals surface area contributed by atoms with Crippen molar-refractivity contribution in [2.75, 3.05) is 5.32 Å². The van der Waals surface area contributed by atoms with E-state index in [1.54, 1.807) is 12.3 Å². The lowest BCUT2D eigenvalue weighted by Gasteiger charge is -2.12. The number of nitrogens with one attached hydrogen (secondary N) is 1. The van der Waals surface area contributed by atoms with Gasteiger partial charge >= 0.3 is 0 Å². The van der Waals surface area contributed by atoms with Crippen molar-refractivity contribution < 1.29 is 0 Å². The number of aryl methyl sites for hydroxylation is 2. The average Bonchev–Trinajstić information content (AvgIpc) is 3.11. The van der Waals surface area contributed by atoms with Crippen LogP contribution in [0, 0.1) is 6.92 Å². The number of rotatable bonds is 4. The number of imidazole rings is 1. The van der Waals surface area contributed by atoms with Gasteiger partial charge in [-0.15, -0.1) is 0 Å². The average molecular weight is 415 g/mol. The topological polar surface area (TPSA) is 68.5 Å². The molecule has 0 saturated carbocycles. The number of anilines is 2. The number of halogens is 1. The number of nitrogens with zero attached hydrogens (tertiary/aromatic N) is 5. The van der Waals surface area contributed by atoms with Gasteiger partial charge in [0, 0.05) is 18.1 Å². The van der Waals surface area contributed by atoms with Crippen LogP contribution in [-0.2, 0) is 13.5 Å². The van der Waals surface area contributed by atoms with E-state index in [0.29, 0.717) is 11.0 Å². The molecule has 0 fully saturated rings. The fourth-order valence-corrected chi connectivity index (χ4v) is 3.81. The standard InChI is InChI=1S/C23H19ClN6/c1-14-7-17(29-23-18-10-22(24)25-11-20(18)26-12-27-23)5-4-16(14)8-15-3-6-21-19(9-15)28-13-30(21)2/h3-7,9-13H,8H2,1-2H3,(H,26,27,29). The lowest BCUT2D eigenvalue weighted by atomic mass is 9.99. The third kappa shape index (κ3) is 3.46. The van der Waals surface area contributed by atoms with Crippen LogP contribution in [0.3, 0.4) is 0 Å². The first-order chi connectivity index (χ1) is 14.6. The van der Waals surface area contributed by atoms with Crippen LogP contribution >= 0.6 is 11.6 Å². The molecule has 3 heterocycles. The predicted octanol–water partition coefficient (Wildman–Crippen LogP) is 5.21. The lowest BCUT2D eigenvalue weighted by molar-refractivity contribution is 0.947. The molecule has 0 unspecified atom stereocenters. The molecule has 0 atom stereocenters. The largest absolute Gasteiger partial charge is 0.340 e. The molecular formula is C23H19ClN6. The van der Waals surface area contributed by atoms with Gasteiger partial charge in [-0.05, 0) is 60.4 Å². The molecule has 5 aromatic rings. The second-order valence-electron chi connectivity index (χ2n) is 7.37. The second-order valence-corrected chi connectivity index (χ2v) is 7.76. The summed E-state index contributed by atoms with van der Waals surface area (Å²) in [7, 11) is 2.01. The van der Waals surface area contributed by atoms with Crippen LogP contribution < -0.4 is 5.32 Å². The van der Waals surface area contributed by atoms with E-state index >= 15 is 0 Å². The quantitative estimate of drug-likeness (QED) is 0.409. The number of aromatic nitrogens is 5. The Bertz CT molecular complexity index is 1390. The minimum atomic E-state index is 0.414. The fourth-order valence-electron chi connectivity index (χ4n) is 3.65. The SMILES string of the molecule is Cc1cc(Nc2ncnc3cnc(Cl)cc23)ccc1Cc1ccc2c(c1)ncn2C. The Hall–Kier alpha value is -3.51. The van der Waals surface area contributed by atoms with Crippen molar-refractivity contribution in [3.63, 3.8) is 0 Å². The van der Waals surface area contributed by atoms with Crippen LogP contribution in [0.1, 0.15) is 16.7 Å². The van der Waals surface area contributed by atoms with Gasteiger partial charge in [-0.25, -0.2) is 19.9 Å². The summed E-state index contributed by atoms with van der Waals surface area (Å²) in [6.07, 6.45) is 5.88. The van der Waals surface area contributed by atoms with E-state index < -0.39 is 0 Å². The van der Waals surface area contributed by atoms with E-state index in [-0.39, 0.29) is 0 Å². The normalized spacial score (nSPS) is 11.3. The summed E-state index contributed by atoms with van der Waals surface area (Å²) < 4.78 is 2.03. The number of hydrogen-bond acceptors (Lipinski definition) is 5. The van der Waals surface area contributed by atoms with Crippen LogP contribution in [0.2, 0.25) is 5.15 Å². The molecule has 0 aliphatic heterocycles. The molecule has 6 nitrogen and oxygen atoms in total. The van der Waals surface area contributed by atoms with Crippen molar-refractivity contribution in [3.05, 3.63) is 83.2 Å². The number of fused-ring (bicyclic) bond motifs is 2. The van der Waals surface area contributed by atoms with Gasteiger partial charge in [-0.3, -0.25) is 0 Å². The zero-order valence-corrected chi connectivity index (χ0v) is 17.4. The molecule has 5 rings (SSSR count). The van der Waals surface area contributed by atoms with Crippen molar-refractivity contribution in [2.24, 2.45) is 7.05 Å². The molecular weight excluding hydrogens is 396 g/mol. The fraction of sp³-hybridized carbons (Fsp3) is 0.130. The number of hydrogen-bond donors (Lipinski definition) is 1. The highest BCUT2D eigenvalue weighted by atomic mass is 35.5. The lowest BCUT2D eigenvalue weighted by Crippen LogP contribution is -1.98. The molecule has 3 aromatic heterocycles. The Labute approximate surface area is 178 Å². The van der Waals surface area contributed by atoms with E-state index in [4.69, 9.17) is 11.6 Å². The van der Waals surface area contributed by atoms with Gasteiger partial charge in [-0.1, -0.05) is 23.7 Å². The van der Waals surface area contributed by atoms with Crippen LogP contribution in [-0.4, -0.2) is 24.5 Å². The third-order valence-electron chi connectivity index (χ3n) is 5.28. The number of benzene rings is 2. The molecule has 2 aromatic carbocycles. The monoisotopic (exact) mass is 414 g/mol. The van der Waals surface area contributed by atoms with Gasteiger partial charge < -0.3 is 9.88 Å². The predicted molar refractivity (Wildman–Crippen MR) is 120 cm³/mol. The van der Waals surface area contributed by atoms with Gasteiger partial charge in [-0.2, -0.15) is 0 Å². The zero-order valence-electron chi connectivity index (χ0n) is 16.6. The maximum Gasteiger partial charge on any atom is 0.141 e. The van der Waals surface area contributed by atoms with E-state index in [0.717, 1.165) is 34.0 Å². The summed E-state index contributed by atoms with van der Waals surface area (Å²) in [5.41, 5.74) is 7.60. The van der Waals surface area contributed by atoms with Gasteiger partial charge in [0.15, 0.2) is 0 Å². The van der Waals surface area contributed by atoms with Crippen molar-refractivity contribution in [1.29, 1.82) is 0 Å². The van der Waals surface area contributed by atoms with Gasteiger partial charge in [0.05, 0.1) is 29.1 Å². The molecule has 0 aliphatic rings. The summed E-state index contributed by atoms with van der Waals surface area (Å²) in [4.78, 5) is 17.2. The highest BCUT2D eigenvalue weighted by Gasteiger charge is 2.08. The maximum absolute atomic E-state index is 6.05. The number of pyridine rings is 1. The summed E-state index contributed by atoms with van der Waals surface area (Å²) in [6, 6.07) is 14.6. The highest BCUT2D eigenvalue weighted by molar-refractivity contribution is 6.30. The van der Waals surface area contributed by atoms with Gasteiger partial charge in [0.25, 0.3) is 0 Å². The van der Waals surface area contributed by atoms with Crippen LogP contribution in [0.4, 0.5) is 11.5 Å². The molecule has 0 saturated heterocycles. The van der Waals surface area contributed by atoms with Crippen LogP contribution in [0.25, 0.3) is 21.9 Å². The Morgan fingerprint density at radius 3 is 2.73 bits per heavy atom. The molecule has 1 N–H and O–H groups in total. The Balaban J connectivity index is 1.41. The third-order valence-corrected chi connectivity index (χ3v) is 5.48. The zero-order chi connectivity index (χ0) is 20.7. The molecule has 0 spiro atoms. The summed E-state index contributed by atoms with van der Waals surface area (Å²) in [5.74, 6) is 0.706. The molecule has 0 amide bonds. The highest BCUT2D eigenvalue weighted by Crippen LogP contribution is 2.26. The molecule has 0 radical (unpaired) electrons. The van der Waals surface area contributed by atoms with E-state index in [1.807, 2.05) is 17.9 Å². The summed E-state index contributed by atoms with van der Waals surface area (Å²) in [5, 5.41) is 4.63. The first-order valence-electron chi connectivity index (χ1n) is 9.59. The van der Waals surface area contributed by atoms with Crippen molar-refractivity contribution >= 4 is 45.0 Å². The Kier molecular flexibility index (Phi) is 4.56. The maximum atomic E-state index is 6.05. The smallest absolute Gasteiger partial charge is 0.141 e. The van der Waals surface area contributed by atoms with Crippen molar-refractivity contribution in [3.8, 4) is 0 Å². The molecule has 30 heavy (non-hydrogen) atoms. The molecule has 148 valence electrons. The van der Waals surface area contributed by atoms with E-state index in [9.17, 15) is 0 Å². The first-order valence-corrected chi connectivity index (χ1v) is 9.97. The van der Waals surface area contributed by atoms with E-state index in [1.165, 1.54) is 23.0 Å². The summed E-state index contributed by atoms with van der Waals surface area (Å²) in [6.45, 7) is 2.12. The molecule has 7 heteroatoms. The van der Waals surface area contributed by atoms with Crippen LogP contribution in [0.15, 0.2) is 61.3 Å². The second kappa shape index (κ2) is 7.39. The van der Waals surface area contributed by atoms with Crippen molar-refractivity contribution in [1.82, 2.24) is 24.5 Å². The summed E-state index contributed by atoms with van der Waals surface area (Å²) >= 11 is 6.05. The minimum absolute atomic E-state index is 0.414. The Morgan fingerprint density at radius 1 is 0.967 bits per heavy atom. The van der Waals surface area contributed by atoms with Gasteiger partial charge in [0.2, 0.25) is 0 Å². The Morgan fingerprint density at radius 2 is 1.87 bits per heavy atom. The molecule has 0 aliphatic carbocycles. The molecule has 0 bridgehead atoms. The van der Waals surface area contributed by atoms with Crippen LogP contribution in [0.5, 0.6) is 0 Å².